The van der Waals surface area contributed by atoms with Crippen LogP contribution in [0.3, 0.4) is 0 Å². The lowest BCUT2D eigenvalue weighted by Gasteiger charge is -2.12. The molecule has 4 saturated heterocycles. The molecule has 0 saturated carbocycles. The van der Waals surface area contributed by atoms with Gasteiger partial charge in [0.05, 0.1) is 12.0 Å². The molecule has 12 heteroatoms. The quantitative estimate of drug-likeness (QED) is 0.118. The van der Waals surface area contributed by atoms with Crippen LogP contribution in [0.2, 0.25) is 0 Å². The van der Waals surface area contributed by atoms with Crippen LogP contribution in [-0.2, 0) is 56.7 Å². The number of allylic oxidation sites excluding steroid dienone is 1. The summed E-state index contributed by atoms with van der Waals surface area (Å²) in [5, 5.41) is 28.2. The molecule has 2 aromatic rings. The molecule has 4 fully saturated rings. The Kier molecular flexibility index (Phi) is 7.19. The van der Waals surface area contributed by atoms with Crippen molar-refractivity contribution in [3.8, 4) is 0 Å². The first-order valence-corrected chi connectivity index (χ1v) is 16.7. The predicted molar refractivity (Wildman–Crippen MR) is 170 cm³/mol. The van der Waals surface area contributed by atoms with E-state index >= 15 is 0 Å². The first-order valence-electron chi connectivity index (χ1n) is 15.6. The Hall–Kier alpha value is -3.58. The van der Waals surface area contributed by atoms with Crippen molar-refractivity contribution in [1.82, 2.24) is 25.7 Å². The summed E-state index contributed by atoms with van der Waals surface area (Å²) >= 11 is 1.39. The largest absolute Gasteiger partial charge is 0.481 e. The molecule has 0 bridgehead atoms. The zero-order chi connectivity index (χ0) is 31.9. The number of hydrogen-bond donors (Lipinski definition) is 6. The minimum Gasteiger partial charge on any atom is -0.481 e. The van der Waals surface area contributed by atoms with E-state index in [1.807, 2.05) is 20.8 Å². The van der Waals surface area contributed by atoms with Gasteiger partial charge in [-0.25, -0.2) is 4.84 Å². The van der Waals surface area contributed by atoms with Crippen LogP contribution in [0.1, 0.15) is 65.3 Å². The maximum atomic E-state index is 12.6. The van der Waals surface area contributed by atoms with Crippen LogP contribution in [0.25, 0.3) is 6.08 Å². The fourth-order valence-electron chi connectivity index (χ4n) is 7.32. The second-order valence-corrected chi connectivity index (χ2v) is 14.4. The molecule has 45 heavy (non-hydrogen) atoms. The Morgan fingerprint density at radius 1 is 1.13 bits per heavy atom. The number of H-pyrrole nitrogens is 2. The van der Waals surface area contributed by atoms with Crippen molar-refractivity contribution in [2.45, 2.75) is 83.0 Å². The van der Waals surface area contributed by atoms with Gasteiger partial charge in [0, 0.05) is 59.2 Å². The highest BCUT2D eigenvalue weighted by atomic mass is 32.2. The van der Waals surface area contributed by atoms with E-state index < -0.39 is 11.9 Å². The Bertz CT molecular complexity index is 1720. The predicted octanol–water partition coefficient (Wildman–Crippen LogP) is 1.85. The third-order valence-electron chi connectivity index (χ3n) is 10.4. The standard InChI is InChI=1S/C33H39N5O6S/c1-6-18-14(2)23(36-32(18)42)10-21-15(3)19(7-8-29(39)40)24(34-21)12-25-20(9-28-33(43)38(28)44-33)16(4)22(35-25)11-26-30(27-13-45-27)17(5)31(41)37-26/h6,11,17,23,27-28,30,34-35,43H,1,7-10,12-13H2,2-5H3,(H,36,42)(H,37,41)(H,39,40)/p+1/b26-11-/t17-,23-,27-,28+,30-,33+,38?/m1/s1. The van der Waals surface area contributed by atoms with E-state index in [4.69, 9.17) is 4.84 Å². The van der Waals surface area contributed by atoms with E-state index in [0.717, 1.165) is 62.1 Å². The average molecular weight is 635 g/mol. The summed E-state index contributed by atoms with van der Waals surface area (Å²) in [5.41, 5.74) is 10.3. The molecule has 0 spiro atoms. The average Bonchev–Trinajstić information content (AvgIpc) is 3.91. The van der Waals surface area contributed by atoms with E-state index in [9.17, 15) is 24.6 Å². The third kappa shape index (κ3) is 5.17. The van der Waals surface area contributed by atoms with Crippen LogP contribution in [0, 0.1) is 25.7 Å². The molecule has 2 amide bonds. The molecule has 5 aliphatic heterocycles. The highest BCUT2D eigenvalue weighted by molar-refractivity contribution is 7.86. The number of carboxylic acid groups (broad SMARTS) is 1. The Morgan fingerprint density at radius 2 is 1.84 bits per heavy atom. The van der Waals surface area contributed by atoms with Crippen LogP contribution in [-0.4, -0.2) is 72.0 Å². The first-order chi connectivity index (χ1) is 21.4. The SMILES string of the molecule is C=CC1=C(C)[C@@H](Cc2[nH]c(Cc3[nH]c(/C=C4\NC(=O)[C@H](C)[C@H]4[C@H]4C[SH+]4)c(C)c3C[C@@H]3N4O[C@@]34O)c(CCC(=O)O)c2C)NC1=O. The van der Waals surface area contributed by atoms with Gasteiger partial charge < -0.3 is 30.8 Å². The molecule has 7 atom stereocenters. The number of amides is 2. The summed E-state index contributed by atoms with van der Waals surface area (Å²) in [6, 6.07) is -0.300. The highest BCUT2D eigenvalue weighted by Crippen LogP contribution is 2.57. The topological polar surface area (TPSA) is 163 Å². The van der Waals surface area contributed by atoms with Gasteiger partial charge >= 0.3 is 5.97 Å². The third-order valence-corrected chi connectivity index (χ3v) is 11.5. The molecule has 1 unspecified atom stereocenters. The summed E-state index contributed by atoms with van der Waals surface area (Å²) in [5.74, 6) is -0.882. The number of nitrogens with one attached hydrogen (secondary N) is 4. The lowest BCUT2D eigenvalue weighted by atomic mass is 9.91. The van der Waals surface area contributed by atoms with E-state index in [1.165, 1.54) is 11.8 Å². The van der Waals surface area contributed by atoms with Gasteiger partial charge in [-0.15, -0.1) is 5.06 Å². The monoisotopic (exact) mass is 634 g/mol. The van der Waals surface area contributed by atoms with E-state index in [0.29, 0.717) is 36.5 Å². The summed E-state index contributed by atoms with van der Waals surface area (Å²) in [6.07, 6.45) is 5.68. The number of nitrogens with zero attached hydrogens (tertiary/aromatic N) is 1. The second-order valence-electron chi connectivity index (χ2n) is 13.0. The van der Waals surface area contributed by atoms with E-state index in [-0.39, 0.29) is 42.2 Å². The number of aromatic nitrogens is 2. The molecule has 0 aliphatic carbocycles. The highest BCUT2D eigenvalue weighted by Gasteiger charge is 2.82. The summed E-state index contributed by atoms with van der Waals surface area (Å²) in [6.45, 7) is 11.8. The number of carboxylic acids is 1. The maximum Gasteiger partial charge on any atom is 0.303 e. The van der Waals surface area contributed by atoms with Gasteiger partial charge in [-0.3, -0.25) is 14.4 Å². The molecule has 6 N–H and O–H groups in total. The fraction of sp³-hybridized carbons (Fsp3) is 0.485. The molecular formula is C33H40N5O6S+. The summed E-state index contributed by atoms with van der Waals surface area (Å²) < 4.78 is 0. The van der Waals surface area contributed by atoms with Gasteiger partial charge in [0.25, 0.3) is 11.8 Å². The number of carbonyl (C=O) groups excluding carboxylic acids is 2. The lowest BCUT2D eigenvalue weighted by molar-refractivity contribution is -0.137. The normalized spacial score (nSPS) is 32.2. The van der Waals surface area contributed by atoms with Crippen molar-refractivity contribution in [2.24, 2.45) is 11.8 Å². The van der Waals surface area contributed by atoms with Crippen molar-refractivity contribution in [3.63, 3.8) is 0 Å². The zero-order valence-electron chi connectivity index (χ0n) is 25.9. The number of carbonyl (C=O) groups is 3. The molecule has 2 aromatic heterocycles. The van der Waals surface area contributed by atoms with Crippen LogP contribution < -0.4 is 10.6 Å². The second kappa shape index (κ2) is 10.8. The van der Waals surface area contributed by atoms with Gasteiger partial charge in [0.15, 0.2) is 11.0 Å². The zero-order valence-corrected chi connectivity index (χ0v) is 26.8. The lowest BCUT2D eigenvalue weighted by Crippen LogP contribution is -2.30. The van der Waals surface area contributed by atoms with E-state index in [1.54, 1.807) is 11.1 Å². The van der Waals surface area contributed by atoms with Crippen molar-refractivity contribution in [2.75, 3.05) is 5.75 Å². The number of hydroxylamine groups is 2. The smallest absolute Gasteiger partial charge is 0.303 e. The number of aromatic amines is 2. The number of thiol groups is 1. The molecule has 7 heterocycles. The minimum absolute atomic E-state index is 0.0000202. The molecule has 238 valence electrons. The molecule has 0 aromatic carbocycles. The van der Waals surface area contributed by atoms with Crippen LogP contribution in [0.4, 0.5) is 0 Å². The number of aliphatic carboxylic acids is 1. The number of fused-ring (bicyclic) bond motifs is 1. The van der Waals surface area contributed by atoms with Crippen molar-refractivity contribution < 1.29 is 29.4 Å². The van der Waals surface area contributed by atoms with Crippen molar-refractivity contribution in [3.05, 3.63) is 74.5 Å². The molecule has 7 rings (SSSR count). The van der Waals surface area contributed by atoms with Gasteiger partial charge in [-0.1, -0.05) is 19.6 Å². The van der Waals surface area contributed by atoms with Gasteiger partial charge in [0.2, 0.25) is 5.91 Å². The first kappa shape index (κ1) is 30.1. The molecule has 11 nitrogen and oxygen atoms in total. The maximum absolute atomic E-state index is 12.6. The number of hydrogen-bond acceptors (Lipinski definition) is 6. The Morgan fingerprint density at radius 3 is 2.44 bits per heavy atom. The molecule has 5 aliphatic rings. The minimum atomic E-state index is -1.17. The summed E-state index contributed by atoms with van der Waals surface area (Å²) in [4.78, 5) is 49.1. The van der Waals surface area contributed by atoms with Gasteiger partial charge in [-0.2, -0.15) is 0 Å². The van der Waals surface area contributed by atoms with Crippen LogP contribution in [0.5, 0.6) is 0 Å². The molecular weight excluding hydrogens is 594 g/mol. The number of rotatable bonds is 12. The fourth-order valence-corrected chi connectivity index (χ4v) is 8.31. The van der Waals surface area contributed by atoms with Gasteiger partial charge in [0.1, 0.15) is 6.04 Å². The van der Waals surface area contributed by atoms with Crippen molar-refractivity contribution in [1.29, 1.82) is 0 Å². The summed E-state index contributed by atoms with van der Waals surface area (Å²) in [7, 11) is 0. The van der Waals surface area contributed by atoms with Gasteiger partial charge in [-0.05, 0) is 79.3 Å². The van der Waals surface area contributed by atoms with Crippen LogP contribution in [0.15, 0.2) is 29.5 Å². The van der Waals surface area contributed by atoms with Crippen molar-refractivity contribution >= 4 is 35.6 Å². The Balaban J connectivity index is 1.24. The number of aliphatic hydroxyl groups is 1. The Labute approximate surface area is 265 Å². The van der Waals surface area contributed by atoms with Crippen LogP contribution >= 0.6 is 0 Å². The van der Waals surface area contributed by atoms with E-state index in [2.05, 4.69) is 40.2 Å². The molecule has 0 radical (unpaired) electrons.